The molecular weight excluding hydrogens is 377 g/mol. The summed E-state index contributed by atoms with van der Waals surface area (Å²) in [6.45, 7) is 5.38. The Morgan fingerprint density at radius 1 is 1.53 bits per heavy atom. The van der Waals surface area contributed by atoms with E-state index in [0.29, 0.717) is 5.82 Å². The normalized spacial score (nSPS) is 13.7. The molecule has 1 aromatic heterocycles. The fourth-order valence-corrected chi connectivity index (χ4v) is 2.66. The van der Waals surface area contributed by atoms with Crippen LogP contribution in [0.2, 0.25) is 0 Å². The molecule has 102 valence electrons. The highest BCUT2D eigenvalue weighted by Crippen LogP contribution is 2.31. The van der Waals surface area contributed by atoms with Crippen molar-refractivity contribution in [2.45, 2.75) is 31.7 Å². The topological polar surface area (TPSA) is 60.9 Å². The molecule has 0 bridgehead atoms. The molecule has 1 unspecified atom stereocenters. The van der Waals surface area contributed by atoms with Crippen LogP contribution in [0.3, 0.4) is 0 Å². The largest absolute Gasteiger partial charge is 0.368 e. The third-order valence-electron chi connectivity index (χ3n) is 3.16. The maximum Gasteiger partial charge on any atom is 0.243 e. The summed E-state index contributed by atoms with van der Waals surface area (Å²) in [6, 6.07) is 5.88. The number of carbonyl (C=O) groups is 1. The standard InChI is InChI=1S/C13H15ClIN3O/c1-7(14)11-17-9-6-8(15)4-5-10(9)18(11)13(2,3)12(16)19/h4-7H,1-3H3,(H2,16,19). The van der Waals surface area contributed by atoms with Crippen molar-refractivity contribution < 1.29 is 4.79 Å². The first-order valence-corrected chi connectivity index (χ1v) is 7.39. The fourth-order valence-electron chi connectivity index (χ4n) is 2.04. The van der Waals surface area contributed by atoms with Crippen molar-refractivity contribution in [3.63, 3.8) is 0 Å². The second-order valence-corrected chi connectivity index (χ2v) is 6.88. The molecule has 0 fully saturated rings. The molecule has 1 heterocycles. The van der Waals surface area contributed by atoms with Gasteiger partial charge in [-0.05, 0) is 61.6 Å². The monoisotopic (exact) mass is 391 g/mol. The molecule has 0 spiro atoms. The van der Waals surface area contributed by atoms with E-state index in [1.54, 1.807) is 13.8 Å². The lowest BCUT2D eigenvalue weighted by Gasteiger charge is -2.26. The van der Waals surface area contributed by atoms with E-state index in [1.165, 1.54) is 0 Å². The number of hydrogen-bond acceptors (Lipinski definition) is 2. The zero-order valence-corrected chi connectivity index (χ0v) is 13.9. The lowest BCUT2D eigenvalue weighted by atomic mass is 10.0. The van der Waals surface area contributed by atoms with Gasteiger partial charge in [-0.2, -0.15) is 0 Å². The molecule has 2 aromatic rings. The van der Waals surface area contributed by atoms with Crippen molar-refractivity contribution >= 4 is 51.1 Å². The quantitative estimate of drug-likeness (QED) is 0.645. The van der Waals surface area contributed by atoms with Crippen LogP contribution in [0, 0.1) is 3.57 Å². The van der Waals surface area contributed by atoms with Crippen molar-refractivity contribution in [2.24, 2.45) is 5.73 Å². The van der Waals surface area contributed by atoms with Gasteiger partial charge in [0.15, 0.2) is 0 Å². The molecule has 2 N–H and O–H groups in total. The number of rotatable bonds is 3. The Morgan fingerprint density at radius 2 is 2.16 bits per heavy atom. The summed E-state index contributed by atoms with van der Waals surface area (Å²) in [7, 11) is 0. The molecule has 19 heavy (non-hydrogen) atoms. The molecule has 0 radical (unpaired) electrons. The molecule has 0 saturated heterocycles. The van der Waals surface area contributed by atoms with E-state index in [1.807, 2.05) is 29.7 Å². The average molecular weight is 392 g/mol. The van der Waals surface area contributed by atoms with Crippen molar-refractivity contribution in [2.75, 3.05) is 0 Å². The molecule has 0 aliphatic heterocycles. The number of aromatic nitrogens is 2. The Kier molecular flexibility index (Phi) is 3.79. The number of benzene rings is 1. The van der Waals surface area contributed by atoms with E-state index in [-0.39, 0.29) is 5.38 Å². The van der Waals surface area contributed by atoms with Crippen LogP contribution in [0.15, 0.2) is 18.2 Å². The minimum atomic E-state index is -0.875. The highest BCUT2D eigenvalue weighted by atomic mass is 127. The number of halogens is 2. The highest BCUT2D eigenvalue weighted by Gasteiger charge is 2.32. The van der Waals surface area contributed by atoms with E-state index >= 15 is 0 Å². The highest BCUT2D eigenvalue weighted by molar-refractivity contribution is 14.1. The molecule has 1 atom stereocenters. The zero-order chi connectivity index (χ0) is 14.4. The summed E-state index contributed by atoms with van der Waals surface area (Å²) < 4.78 is 2.92. The summed E-state index contributed by atoms with van der Waals surface area (Å²) in [4.78, 5) is 16.3. The lowest BCUT2D eigenvalue weighted by molar-refractivity contribution is -0.125. The third-order valence-corrected chi connectivity index (χ3v) is 4.03. The summed E-state index contributed by atoms with van der Waals surface area (Å²) >= 11 is 8.42. The zero-order valence-electron chi connectivity index (χ0n) is 10.9. The Balaban J connectivity index is 2.83. The predicted molar refractivity (Wildman–Crippen MR) is 85.2 cm³/mol. The number of fused-ring (bicyclic) bond motifs is 1. The van der Waals surface area contributed by atoms with Gasteiger partial charge < -0.3 is 10.3 Å². The summed E-state index contributed by atoms with van der Waals surface area (Å²) in [6.07, 6.45) is 0. The van der Waals surface area contributed by atoms with Gasteiger partial charge in [0.2, 0.25) is 5.91 Å². The third kappa shape index (κ3) is 2.45. The summed E-state index contributed by atoms with van der Waals surface area (Å²) in [5, 5.41) is -0.302. The number of nitrogens with two attached hydrogens (primary N) is 1. The van der Waals surface area contributed by atoms with Crippen LogP contribution in [0.1, 0.15) is 32.0 Å². The molecule has 0 saturated carbocycles. The van der Waals surface area contributed by atoms with Crippen LogP contribution < -0.4 is 5.73 Å². The van der Waals surface area contributed by atoms with E-state index < -0.39 is 11.4 Å². The van der Waals surface area contributed by atoms with Crippen LogP contribution in [0.25, 0.3) is 11.0 Å². The van der Waals surface area contributed by atoms with Gasteiger partial charge >= 0.3 is 0 Å². The SMILES string of the molecule is CC(Cl)c1nc2cc(I)ccc2n1C(C)(C)C(N)=O. The number of nitrogens with zero attached hydrogens (tertiary/aromatic N) is 2. The Morgan fingerprint density at radius 3 is 2.68 bits per heavy atom. The van der Waals surface area contributed by atoms with E-state index in [4.69, 9.17) is 17.3 Å². The predicted octanol–water partition coefficient (Wildman–Crippen LogP) is 3.16. The van der Waals surface area contributed by atoms with Crippen LogP contribution in [-0.2, 0) is 10.3 Å². The van der Waals surface area contributed by atoms with Gasteiger partial charge in [-0.3, -0.25) is 4.79 Å². The molecule has 1 amide bonds. The molecule has 1 aromatic carbocycles. The van der Waals surface area contributed by atoms with Crippen molar-refractivity contribution in [3.8, 4) is 0 Å². The maximum absolute atomic E-state index is 11.7. The van der Waals surface area contributed by atoms with Crippen LogP contribution in [0.5, 0.6) is 0 Å². The summed E-state index contributed by atoms with van der Waals surface area (Å²) in [5.74, 6) is 0.242. The average Bonchev–Trinajstić information content (AvgIpc) is 2.67. The number of carbonyl (C=O) groups excluding carboxylic acids is 1. The van der Waals surface area contributed by atoms with Gasteiger partial charge in [0.05, 0.1) is 16.4 Å². The minimum Gasteiger partial charge on any atom is -0.368 e. The van der Waals surface area contributed by atoms with E-state index in [2.05, 4.69) is 27.6 Å². The van der Waals surface area contributed by atoms with E-state index in [9.17, 15) is 4.79 Å². The number of primary amides is 1. The minimum absolute atomic E-state index is 0.302. The van der Waals surface area contributed by atoms with Gasteiger partial charge in [0.25, 0.3) is 0 Å². The van der Waals surface area contributed by atoms with Gasteiger partial charge in [-0.15, -0.1) is 11.6 Å². The van der Waals surface area contributed by atoms with Gasteiger partial charge in [0.1, 0.15) is 11.4 Å². The Bertz CT molecular complexity index is 649. The second kappa shape index (κ2) is 4.94. The Hall–Kier alpha value is -0.820. The van der Waals surface area contributed by atoms with Crippen LogP contribution in [-0.4, -0.2) is 15.5 Å². The molecule has 0 aliphatic rings. The number of alkyl halides is 1. The number of hydrogen-bond donors (Lipinski definition) is 1. The lowest BCUT2D eigenvalue weighted by Crippen LogP contribution is -2.42. The molecule has 2 rings (SSSR count). The van der Waals surface area contributed by atoms with Gasteiger partial charge in [-0.1, -0.05) is 0 Å². The number of amides is 1. The smallest absolute Gasteiger partial charge is 0.243 e. The van der Waals surface area contributed by atoms with Crippen LogP contribution in [0.4, 0.5) is 0 Å². The van der Waals surface area contributed by atoms with Gasteiger partial charge in [-0.25, -0.2) is 4.98 Å². The molecule has 6 heteroatoms. The van der Waals surface area contributed by atoms with E-state index in [0.717, 1.165) is 14.6 Å². The van der Waals surface area contributed by atoms with Crippen molar-refractivity contribution in [3.05, 3.63) is 27.6 Å². The second-order valence-electron chi connectivity index (χ2n) is 4.98. The van der Waals surface area contributed by atoms with Crippen molar-refractivity contribution in [1.29, 1.82) is 0 Å². The van der Waals surface area contributed by atoms with Crippen LogP contribution >= 0.6 is 34.2 Å². The molecule has 0 aliphatic carbocycles. The maximum atomic E-state index is 11.7. The van der Waals surface area contributed by atoms with Gasteiger partial charge in [0, 0.05) is 3.57 Å². The molecular formula is C13H15ClIN3O. The first kappa shape index (κ1) is 14.6. The number of imidazole rings is 1. The Labute approximate surface area is 130 Å². The summed E-state index contributed by atoms with van der Waals surface area (Å²) in [5.41, 5.74) is 6.33. The first-order chi connectivity index (χ1) is 8.75. The molecule has 4 nitrogen and oxygen atoms in total. The first-order valence-electron chi connectivity index (χ1n) is 5.87. The van der Waals surface area contributed by atoms with Crippen molar-refractivity contribution in [1.82, 2.24) is 9.55 Å². The fraction of sp³-hybridized carbons (Fsp3) is 0.385.